The topological polar surface area (TPSA) is 83.0 Å². The quantitative estimate of drug-likeness (QED) is 0.172. The van der Waals surface area contributed by atoms with Gasteiger partial charge in [-0.1, -0.05) is 127 Å². The van der Waals surface area contributed by atoms with Gasteiger partial charge >= 0.3 is 0 Å². The Labute approximate surface area is 364 Å². The first-order valence-electron chi connectivity index (χ1n) is 21.3. The van der Waals surface area contributed by atoms with Crippen molar-refractivity contribution in [2.45, 2.75) is 0 Å². The maximum atomic E-state index is 6.64. The van der Waals surface area contributed by atoms with Gasteiger partial charge in [0.15, 0.2) is 17.5 Å². The van der Waals surface area contributed by atoms with Crippen LogP contribution in [-0.2, 0) is 0 Å². The summed E-state index contributed by atoms with van der Waals surface area (Å²) in [5, 5.41) is 8.17. The number of rotatable bonds is 5. The second kappa shape index (κ2) is 13.3. The van der Waals surface area contributed by atoms with E-state index in [0.29, 0.717) is 17.5 Å². The van der Waals surface area contributed by atoms with E-state index < -0.39 is 0 Å². The van der Waals surface area contributed by atoms with E-state index in [1.54, 1.807) is 0 Å². The van der Waals surface area contributed by atoms with E-state index in [2.05, 4.69) is 126 Å². The first-order valence-corrected chi connectivity index (χ1v) is 21.3. The molecule has 0 aliphatic heterocycles. The van der Waals surface area contributed by atoms with Crippen molar-refractivity contribution in [2.75, 3.05) is 0 Å². The number of benzene rings is 9. The fraction of sp³-hybridized carbons (Fsp3) is 0. The molecule has 0 fully saturated rings. The molecule has 14 aromatic rings. The highest BCUT2D eigenvalue weighted by atomic mass is 16.3. The first kappa shape index (κ1) is 34.9. The summed E-state index contributed by atoms with van der Waals surface area (Å²) in [6, 6.07) is 66.8. The van der Waals surface area contributed by atoms with Crippen LogP contribution in [0.1, 0.15) is 0 Å². The van der Waals surface area contributed by atoms with E-state index >= 15 is 0 Å². The molecule has 0 unspecified atom stereocenters. The number of para-hydroxylation sites is 3. The summed E-state index contributed by atoms with van der Waals surface area (Å²) < 4.78 is 21.7. The summed E-state index contributed by atoms with van der Waals surface area (Å²) >= 11 is 0. The van der Waals surface area contributed by atoms with Crippen molar-refractivity contribution in [1.82, 2.24) is 19.5 Å². The van der Waals surface area contributed by atoms with Gasteiger partial charge in [0.2, 0.25) is 0 Å². The van der Waals surface area contributed by atoms with E-state index in [1.165, 1.54) is 21.9 Å². The van der Waals surface area contributed by atoms with Gasteiger partial charge in [0.05, 0.1) is 11.0 Å². The molecule has 7 heteroatoms. The smallest absolute Gasteiger partial charge is 0.164 e. The van der Waals surface area contributed by atoms with Crippen molar-refractivity contribution in [1.29, 1.82) is 0 Å². The molecule has 0 radical (unpaired) electrons. The van der Waals surface area contributed by atoms with E-state index in [-0.39, 0.29) is 0 Å². The fourth-order valence-electron chi connectivity index (χ4n) is 9.86. The molecule has 0 atom stereocenters. The molecule has 14 rings (SSSR count). The van der Waals surface area contributed by atoms with Crippen molar-refractivity contribution >= 4 is 87.6 Å². The molecule has 64 heavy (non-hydrogen) atoms. The van der Waals surface area contributed by atoms with Gasteiger partial charge in [0.1, 0.15) is 33.5 Å². The Bertz CT molecular complexity index is 4080. The van der Waals surface area contributed by atoms with Gasteiger partial charge in [-0.05, 0) is 77.9 Å². The maximum absolute atomic E-state index is 6.64. The Balaban J connectivity index is 1.02. The van der Waals surface area contributed by atoms with Gasteiger partial charge in [-0.15, -0.1) is 0 Å². The van der Waals surface area contributed by atoms with Crippen LogP contribution in [0.15, 0.2) is 207 Å². The highest BCUT2D eigenvalue weighted by Crippen LogP contribution is 2.43. The Morgan fingerprint density at radius 3 is 1.36 bits per heavy atom. The van der Waals surface area contributed by atoms with Gasteiger partial charge in [-0.3, -0.25) is 0 Å². The van der Waals surface area contributed by atoms with Crippen LogP contribution in [0.4, 0.5) is 0 Å². The van der Waals surface area contributed by atoms with Crippen molar-refractivity contribution < 1.29 is 13.3 Å². The van der Waals surface area contributed by atoms with Crippen molar-refractivity contribution in [2.24, 2.45) is 0 Å². The van der Waals surface area contributed by atoms with Crippen molar-refractivity contribution in [3.63, 3.8) is 0 Å². The lowest BCUT2D eigenvalue weighted by Gasteiger charge is -2.11. The zero-order valence-electron chi connectivity index (χ0n) is 34.0. The van der Waals surface area contributed by atoms with Crippen LogP contribution in [-0.4, -0.2) is 19.5 Å². The van der Waals surface area contributed by atoms with Gasteiger partial charge < -0.3 is 17.8 Å². The predicted octanol–water partition coefficient (Wildman–Crippen LogP) is 15.3. The molecular formula is C57H32N4O3. The molecule has 7 nitrogen and oxygen atoms in total. The van der Waals surface area contributed by atoms with E-state index in [0.717, 1.165) is 99.2 Å². The number of furan rings is 3. The third-order valence-electron chi connectivity index (χ3n) is 12.7. The number of aromatic nitrogens is 4. The zero-order valence-corrected chi connectivity index (χ0v) is 34.0. The molecule has 0 spiro atoms. The van der Waals surface area contributed by atoms with Crippen LogP contribution in [0.25, 0.3) is 139 Å². The molecule has 0 amide bonds. The number of hydrogen-bond donors (Lipinski definition) is 0. The summed E-state index contributed by atoms with van der Waals surface area (Å²) in [5.41, 5.74) is 12.9. The predicted molar refractivity (Wildman–Crippen MR) is 258 cm³/mol. The first-order chi connectivity index (χ1) is 31.7. The van der Waals surface area contributed by atoms with Gasteiger partial charge in [0.25, 0.3) is 0 Å². The maximum Gasteiger partial charge on any atom is 0.164 e. The molecule has 0 bridgehead atoms. The summed E-state index contributed by atoms with van der Waals surface area (Å²) in [6.07, 6.45) is 0. The van der Waals surface area contributed by atoms with E-state index in [1.807, 2.05) is 72.8 Å². The average molecular weight is 821 g/mol. The fourth-order valence-corrected chi connectivity index (χ4v) is 9.86. The van der Waals surface area contributed by atoms with Crippen LogP contribution >= 0.6 is 0 Å². The number of fused-ring (bicyclic) bond motifs is 12. The van der Waals surface area contributed by atoms with E-state index in [9.17, 15) is 0 Å². The minimum Gasteiger partial charge on any atom is -0.456 e. The van der Waals surface area contributed by atoms with Gasteiger partial charge in [0, 0.05) is 65.5 Å². The Morgan fingerprint density at radius 1 is 0.297 bits per heavy atom. The standard InChI is InChI=1S/C57H32N4O3/c1-2-13-33(14-3-1)34-27-29-45-42(31-34)36-15-4-7-21-44(36)61(45)35-28-30-48-43(32-35)54-41(20-12-26-51(54)64-48)57-59-55(39-18-10-24-49-52(39)37-16-5-8-22-46(37)62-49)58-56(60-57)40-19-11-25-50-53(40)38-17-6-9-23-47(38)63-50/h1-32H. The van der Waals surface area contributed by atoms with Crippen molar-refractivity contribution in [3.05, 3.63) is 194 Å². The SMILES string of the molecule is c1ccc(-c2ccc3c(c2)c2ccccc2n3-c2ccc3oc4cccc(-c5nc(-c6cccc7oc8ccccc8c67)nc(-c6cccc7oc8ccccc8c67)n5)c4c3c2)cc1. The minimum absolute atomic E-state index is 0.526. The second-order valence-electron chi connectivity index (χ2n) is 16.3. The highest BCUT2D eigenvalue weighted by molar-refractivity contribution is 6.16. The lowest BCUT2D eigenvalue weighted by molar-refractivity contribution is 0.668. The molecule has 298 valence electrons. The largest absolute Gasteiger partial charge is 0.456 e. The molecule has 5 heterocycles. The molecule has 5 aromatic heterocycles. The molecule has 9 aromatic carbocycles. The van der Waals surface area contributed by atoms with E-state index in [4.69, 9.17) is 28.2 Å². The molecule has 0 N–H and O–H groups in total. The molecule has 0 aliphatic rings. The molecule has 0 saturated heterocycles. The lowest BCUT2D eigenvalue weighted by Crippen LogP contribution is -2.01. The van der Waals surface area contributed by atoms with Crippen molar-refractivity contribution in [3.8, 4) is 51.0 Å². The monoisotopic (exact) mass is 820 g/mol. The van der Waals surface area contributed by atoms with Crippen LogP contribution < -0.4 is 0 Å². The summed E-state index contributed by atoms with van der Waals surface area (Å²) in [6.45, 7) is 0. The normalized spacial score (nSPS) is 12.1. The van der Waals surface area contributed by atoms with Crippen LogP contribution in [0.2, 0.25) is 0 Å². The second-order valence-corrected chi connectivity index (χ2v) is 16.3. The average Bonchev–Trinajstić information content (AvgIpc) is 4.12. The Hall–Kier alpha value is -8.81. The highest BCUT2D eigenvalue weighted by Gasteiger charge is 2.23. The third kappa shape index (κ3) is 5.12. The van der Waals surface area contributed by atoms with Gasteiger partial charge in [-0.25, -0.2) is 15.0 Å². The van der Waals surface area contributed by atoms with Crippen LogP contribution in [0.3, 0.4) is 0 Å². The molecular weight excluding hydrogens is 789 g/mol. The van der Waals surface area contributed by atoms with Gasteiger partial charge in [-0.2, -0.15) is 0 Å². The van der Waals surface area contributed by atoms with Crippen LogP contribution in [0.5, 0.6) is 0 Å². The lowest BCUT2D eigenvalue weighted by atomic mass is 10.0. The Morgan fingerprint density at radius 2 is 0.766 bits per heavy atom. The Kier molecular flexibility index (Phi) is 7.27. The molecule has 0 aliphatic carbocycles. The number of nitrogens with zero attached hydrogens (tertiary/aromatic N) is 4. The summed E-state index contributed by atoms with van der Waals surface area (Å²) in [7, 11) is 0. The summed E-state index contributed by atoms with van der Waals surface area (Å²) in [5.74, 6) is 1.60. The number of hydrogen-bond acceptors (Lipinski definition) is 6. The zero-order chi connectivity index (χ0) is 41.9. The summed E-state index contributed by atoms with van der Waals surface area (Å²) in [4.78, 5) is 16.0. The minimum atomic E-state index is 0.526. The molecule has 0 saturated carbocycles. The van der Waals surface area contributed by atoms with Crippen LogP contribution in [0, 0.1) is 0 Å². The third-order valence-corrected chi connectivity index (χ3v) is 12.7.